The van der Waals surface area contributed by atoms with Crippen molar-refractivity contribution in [3.8, 4) is 11.1 Å². The van der Waals surface area contributed by atoms with Crippen molar-refractivity contribution >= 4 is 17.2 Å². The Morgan fingerprint density at radius 3 is 2.58 bits per heavy atom. The first-order chi connectivity index (χ1) is 19.0. The lowest BCUT2D eigenvalue weighted by molar-refractivity contribution is -0.105. The van der Waals surface area contributed by atoms with Crippen LogP contribution in [0.5, 0.6) is 0 Å². The van der Waals surface area contributed by atoms with Gasteiger partial charge in [-0.2, -0.15) is 9.61 Å². The van der Waals surface area contributed by atoms with Gasteiger partial charge in [-0.05, 0) is 62.6 Å². The molecular formula is C29H26ClF3N4O3. The summed E-state index contributed by atoms with van der Waals surface area (Å²) >= 11 is 5.99. The SMILES string of the molecule is Cc1nc2c(-c3ccc(Cl)cc3F)cc([C@H]3CCO[C@@H](c4ccc(=O)n(C5CC(F)(F)C5)c4)C3)nn2c(=O)c1C. The van der Waals surface area contributed by atoms with E-state index in [1.165, 1.54) is 21.2 Å². The summed E-state index contributed by atoms with van der Waals surface area (Å²) in [7, 11) is 0. The van der Waals surface area contributed by atoms with Crippen LogP contribution in [0.15, 0.2) is 52.2 Å². The number of alkyl halides is 2. The third-order valence-electron chi connectivity index (χ3n) is 8.00. The number of aryl methyl sites for hydroxylation is 1. The van der Waals surface area contributed by atoms with E-state index >= 15 is 4.39 Å². The first kappa shape index (κ1) is 26.7. The summed E-state index contributed by atoms with van der Waals surface area (Å²) in [4.78, 5) is 30.2. The molecule has 11 heteroatoms. The highest BCUT2D eigenvalue weighted by Crippen LogP contribution is 2.45. The van der Waals surface area contributed by atoms with Crippen LogP contribution >= 0.6 is 11.6 Å². The van der Waals surface area contributed by atoms with Crippen LogP contribution in [0.3, 0.4) is 0 Å². The van der Waals surface area contributed by atoms with E-state index in [-0.39, 0.29) is 46.1 Å². The van der Waals surface area contributed by atoms with Gasteiger partial charge < -0.3 is 9.30 Å². The van der Waals surface area contributed by atoms with Crippen LogP contribution in [0, 0.1) is 19.7 Å². The molecule has 208 valence electrons. The highest BCUT2D eigenvalue weighted by molar-refractivity contribution is 6.30. The number of nitrogens with zero attached hydrogens (tertiary/aromatic N) is 4. The predicted octanol–water partition coefficient (Wildman–Crippen LogP) is 5.93. The van der Waals surface area contributed by atoms with Crippen LogP contribution in [0.4, 0.5) is 13.2 Å². The molecule has 2 atom stereocenters. The molecule has 7 nitrogen and oxygen atoms in total. The van der Waals surface area contributed by atoms with Gasteiger partial charge in [0.1, 0.15) is 5.82 Å². The average molecular weight is 571 g/mol. The molecule has 40 heavy (non-hydrogen) atoms. The van der Waals surface area contributed by atoms with Crippen molar-refractivity contribution in [3.05, 3.63) is 96.7 Å². The highest BCUT2D eigenvalue weighted by Gasteiger charge is 2.46. The molecule has 0 radical (unpaired) electrons. The van der Waals surface area contributed by atoms with Crippen LogP contribution in [0.2, 0.25) is 5.02 Å². The van der Waals surface area contributed by atoms with Gasteiger partial charge in [-0.3, -0.25) is 9.59 Å². The molecule has 4 aromatic rings. The molecule has 1 aromatic carbocycles. The van der Waals surface area contributed by atoms with Crippen LogP contribution in [-0.2, 0) is 4.74 Å². The summed E-state index contributed by atoms with van der Waals surface area (Å²) in [5, 5.41) is 4.91. The van der Waals surface area contributed by atoms with Crippen LogP contribution in [0.1, 0.15) is 66.3 Å². The number of pyridine rings is 1. The first-order valence-corrected chi connectivity index (χ1v) is 13.5. The third-order valence-corrected chi connectivity index (χ3v) is 8.23. The first-order valence-electron chi connectivity index (χ1n) is 13.1. The smallest absolute Gasteiger partial charge is 0.277 e. The number of aromatic nitrogens is 4. The van der Waals surface area contributed by atoms with E-state index in [0.29, 0.717) is 47.5 Å². The quantitative estimate of drug-likeness (QED) is 0.304. The lowest BCUT2D eigenvalue weighted by atomic mass is 9.87. The molecule has 0 unspecified atom stereocenters. The Kier molecular flexibility index (Phi) is 6.58. The zero-order chi connectivity index (χ0) is 28.3. The van der Waals surface area contributed by atoms with E-state index < -0.39 is 23.9 Å². The molecular weight excluding hydrogens is 545 g/mol. The van der Waals surface area contributed by atoms with Gasteiger partial charge in [0.05, 0.1) is 11.8 Å². The fraction of sp³-hybridized carbons (Fsp3) is 0.379. The van der Waals surface area contributed by atoms with E-state index in [4.69, 9.17) is 16.3 Å². The summed E-state index contributed by atoms with van der Waals surface area (Å²) in [5.41, 5.74) is 2.48. The highest BCUT2D eigenvalue weighted by atomic mass is 35.5. The van der Waals surface area contributed by atoms with Gasteiger partial charge in [0.2, 0.25) is 0 Å². The van der Waals surface area contributed by atoms with Gasteiger partial charge in [-0.25, -0.2) is 18.2 Å². The number of hydrogen-bond donors (Lipinski definition) is 0. The maximum Gasteiger partial charge on any atom is 0.277 e. The zero-order valence-corrected chi connectivity index (χ0v) is 22.6. The van der Waals surface area contributed by atoms with Crippen molar-refractivity contribution in [1.29, 1.82) is 0 Å². The second kappa shape index (κ2) is 9.85. The minimum atomic E-state index is -2.75. The van der Waals surface area contributed by atoms with Crippen LogP contribution < -0.4 is 11.1 Å². The molecule has 0 bridgehead atoms. The molecule has 6 rings (SSSR count). The molecule has 1 saturated carbocycles. The van der Waals surface area contributed by atoms with Crippen molar-refractivity contribution in [2.24, 2.45) is 0 Å². The Hall–Kier alpha value is -3.50. The monoisotopic (exact) mass is 570 g/mol. The number of rotatable bonds is 4. The lowest BCUT2D eigenvalue weighted by Crippen LogP contribution is -2.41. The topological polar surface area (TPSA) is 78.5 Å². The van der Waals surface area contributed by atoms with Crippen molar-refractivity contribution in [2.45, 2.75) is 63.5 Å². The molecule has 1 aliphatic heterocycles. The lowest BCUT2D eigenvalue weighted by Gasteiger charge is -2.36. The van der Waals surface area contributed by atoms with Crippen molar-refractivity contribution in [1.82, 2.24) is 19.2 Å². The Morgan fingerprint density at radius 2 is 1.85 bits per heavy atom. The standard InChI is InChI=1S/C29H26ClF3N4O3/c1-15-16(2)34-27-22(21-5-4-19(30)10-23(21)31)11-24(35-37(27)28(15)39)17-7-8-40-25(9-17)18-3-6-26(38)36(14-18)20-12-29(32,33)13-20/h3-6,10-11,14,17,20,25H,7-9,12-13H2,1-2H3/t17-,25+/m0/s1. The number of ether oxygens (including phenoxy) is 1. The molecule has 1 aliphatic carbocycles. The Bertz CT molecular complexity index is 1760. The van der Waals surface area contributed by atoms with Crippen molar-refractivity contribution in [2.75, 3.05) is 6.61 Å². The van der Waals surface area contributed by atoms with E-state index in [9.17, 15) is 18.4 Å². The van der Waals surface area contributed by atoms with Gasteiger partial charge in [-0.1, -0.05) is 11.6 Å². The fourth-order valence-electron chi connectivity index (χ4n) is 5.55. The van der Waals surface area contributed by atoms with E-state index in [1.54, 1.807) is 44.3 Å². The molecule has 2 fully saturated rings. The second-order valence-electron chi connectivity index (χ2n) is 10.7. The van der Waals surface area contributed by atoms with Crippen LogP contribution in [0.25, 0.3) is 16.8 Å². The Labute approximate surface area is 232 Å². The Morgan fingerprint density at radius 1 is 1.07 bits per heavy atom. The molecule has 0 N–H and O–H groups in total. The predicted molar refractivity (Wildman–Crippen MR) is 144 cm³/mol. The van der Waals surface area contributed by atoms with E-state index in [1.807, 2.05) is 0 Å². The zero-order valence-electron chi connectivity index (χ0n) is 21.8. The summed E-state index contributed by atoms with van der Waals surface area (Å²) < 4.78 is 50.7. The summed E-state index contributed by atoms with van der Waals surface area (Å²) in [6, 6.07) is 8.59. The number of fused-ring (bicyclic) bond motifs is 1. The number of hydrogen-bond acceptors (Lipinski definition) is 5. The van der Waals surface area contributed by atoms with Crippen molar-refractivity contribution in [3.63, 3.8) is 0 Å². The summed E-state index contributed by atoms with van der Waals surface area (Å²) in [6.45, 7) is 3.77. The van der Waals surface area contributed by atoms with Crippen molar-refractivity contribution < 1.29 is 17.9 Å². The van der Waals surface area contributed by atoms with E-state index in [0.717, 1.165) is 0 Å². The minimum Gasteiger partial charge on any atom is -0.373 e. The van der Waals surface area contributed by atoms with Gasteiger partial charge in [-0.15, -0.1) is 0 Å². The van der Waals surface area contributed by atoms with Gasteiger partial charge in [0, 0.05) is 71.1 Å². The molecule has 1 saturated heterocycles. The molecule has 2 aliphatic rings. The normalized spacial score (nSPS) is 20.9. The molecule has 0 amide bonds. The largest absolute Gasteiger partial charge is 0.373 e. The average Bonchev–Trinajstić information content (AvgIpc) is 2.91. The second-order valence-corrected chi connectivity index (χ2v) is 11.1. The maximum absolute atomic E-state index is 15.1. The maximum atomic E-state index is 15.1. The summed E-state index contributed by atoms with van der Waals surface area (Å²) in [5.74, 6) is -3.47. The van der Waals surface area contributed by atoms with Gasteiger partial charge >= 0.3 is 0 Å². The number of benzene rings is 1. The fourth-order valence-corrected chi connectivity index (χ4v) is 5.71. The van der Waals surface area contributed by atoms with E-state index in [2.05, 4.69) is 10.1 Å². The Balaban J connectivity index is 1.40. The van der Waals surface area contributed by atoms with Crippen LogP contribution in [-0.4, -0.2) is 31.7 Å². The summed E-state index contributed by atoms with van der Waals surface area (Å²) in [6.07, 6.45) is 1.52. The van der Waals surface area contributed by atoms with Gasteiger partial charge in [0.25, 0.3) is 17.0 Å². The molecule has 4 heterocycles. The number of halogens is 4. The molecule has 3 aromatic heterocycles. The molecule has 0 spiro atoms. The third kappa shape index (κ3) is 4.73. The van der Waals surface area contributed by atoms with Gasteiger partial charge in [0.15, 0.2) is 5.65 Å². The minimum absolute atomic E-state index is 0.167.